The first-order valence-corrected chi connectivity index (χ1v) is 5.85. The first kappa shape index (κ1) is 13.2. The van der Waals surface area contributed by atoms with Gasteiger partial charge in [0.1, 0.15) is 0 Å². The minimum Gasteiger partial charge on any atom is -0.466 e. The summed E-state index contributed by atoms with van der Waals surface area (Å²) in [5, 5.41) is 9.07. The number of carbonyl (C=O) groups excluding carboxylic acids is 1. The molecule has 1 aromatic rings. The van der Waals surface area contributed by atoms with Gasteiger partial charge in [-0.2, -0.15) is 5.26 Å². The van der Waals surface area contributed by atoms with E-state index >= 15 is 0 Å². The van der Waals surface area contributed by atoms with Crippen LogP contribution in [0.25, 0.3) is 0 Å². The van der Waals surface area contributed by atoms with Crippen molar-refractivity contribution >= 4 is 5.97 Å². The Morgan fingerprint density at radius 3 is 2.47 bits per heavy atom. The molecule has 0 aliphatic carbocycles. The van der Waals surface area contributed by atoms with E-state index in [1.807, 2.05) is 24.3 Å². The molecule has 0 amide bonds. The lowest BCUT2D eigenvalue weighted by Crippen LogP contribution is -2.09. The molecule has 0 saturated carbocycles. The second kappa shape index (κ2) is 6.70. The van der Waals surface area contributed by atoms with Crippen LogP contribution in [0, 0.1) is 11.3 Å². The molecule has 1 unspecified atom stereocenters. The van der Waals surface area contributed by atoms with Crippen molar-refractivity contribution in [1.29, 1.82) is 5.26 Å². The second-order valence-electron chi connectivity index (χ2n) is 3.79. The normalized spacial score (nSPS) is 11.6. The van der Waals surface area contributed by atoms with E-state index in [1.54, 1.807) is 6.92 Å². The van der Waals surface area contributed by atoms with E-state index in [1.165, 1.54) is 5.56 Å². The van der Waals surface area contributed by atoms with Crippen LogP contribution >= 0.6 is 0 Å². The van der Waals surface area contributed by atoms with Crippen LogP contribution < -0.4 is 0 Å². The number of benzene rings is 1. The standard InChI is InChI=1S/C14H17NO2/c1-3-11-5-7-12(8-6-11)13(10-15)9-14(16)17-4-2/h5-8,13H,3-4,9H2,1-2H3. The average molecular weight is 231 g/mol. The molecule has 1 rings (SSSR count). The highest BCUT2D eigenvalue weighted by Gasteiger charge is 2.16. The number of hydrogen-bond donors (Lipinski definition) is 0. The highest BCUT2D eigenvalue weighted by atomic mass is 16.5. The molecule has 0 radical (unpaired) electrons. The molecule has 0 heterocycles. The van der Waals surface area contributed by atoms with Crippen LogP contribution in [0.3, 0.4) is 0 Å². The highest BCUT2D eigenvalue weighted by Crippen LogP contribution is 2.20. The van der Waals surface area contributed by atoms with Gasteiger partial charge >= 0.3 is 5.97 Å². The summed E-state index contributed by atoms with van der Waals surface area (Å²) in [7, 11) is 0. The third-order valence-electron chi connectivity index (χ3n) is 2.62. The molecule has 1 atom stereocenters. The first-order chi connectivity index (χ1) is 8.21. The molecule has 0 aromatic heterocycles. The van der Waals surface area contributed by atoms with E-state index in [0.29, 0.717) is 6.61 Å². The van der Waals surface area contributed by atoms with Crippen LogP contribution in [-0.4, -0.2) is 12.6 Å². The maximum Gasteiger partial charge on any atom is 0.307 e. The number of nitriles is 1. The molecule has 0 N–H and O–H groups in total. The van der Waals surface area contributed by atoms with Gasteiger partial charge < -0.3 is 4.74 Å². The zero-order valence-corrected chi connectivity index (χ0v) is 10.3. The molecule has 1 aromatic carbocycles. The fourth-order valence-corrected chi connectivity index (χ4v) is 1.61. The number of esters is 1. The zero-order valence-electron chi connectivity index (χ0n) is 10.3. The number of nitrogens with zero attached hydrogens (tertiary/aromatic N) is 1. The van der Waals surface area contributed by atoms with Crippen LogP contribution in [0.1, 0.15) is 37.3 Å². The van der Waals surface area contributed by atoms with Crippen LogP contribution in [0.5, 0.6) is 0 Å². The summed E-state index contributed by atoms with van der Waals surface area (Å²) in [4.78, 5) is 11.3. The van der Waals surface area contributed by atoms with Gasteiger partial charge in [0.15, 0.2) is 0 Å². The van der Waals surface area contributed by atoms with Crippen LogP contribution in [0.4, 0.5) is 0 Å². The van der Waals surface area contributed by atoms with Crippen molar-refractivity contribution in [2.75, 3.05) is 6.61 Å². The monoisotopic (exact) mass is 231 g/mol. The molecular formula is C14H17NO2. The Bertz CT molecular complexity index is 403. The quantitative estimate of drug-likeness (QED) is 0.732. The molecule has 0 saturated heterocycles. The summed E-state index contributed by atoms with van der Waals surface area (Å²) in [5.74, 6) is -0.737. The molecule has 0 aliphatic rings. The average Bonchev–Trinajstić information content (AvgIpc) is 2.36. The lowest BCUT2D eigenvalue weighted by Gasteiger charge is -2.09. The molecule has 0 aliphatic heterocycles. The number of carbonyl (C=O) groups is 1. The van der Waals surface area contributed by atoms with Gasteiger partial charge in [0.05, 0.1) is 25.0 Å². The molecular weight excluding hydrogens is 214 g/mol. The van der Waals surface area contributed by atoms with Gasteiger partial charge in [-0.3, -0.25) is 4.79 Å². The second-order valence-corrected chi connectivity index (χ2v) is 3.79. The zero-order chi connectivity index (χ0) is 12.7. The maximum atomic E-state index is 11.3. The van der Waals surface area contributed by atoms with Gasteiger partial charge in [0, 0.05) is 0 Å². The van der Waals surface area contributed by atoms with Crippen LogP contribution in [-0.2, 0) is 16.0 Å². The number of hydrogen-bond acceptors (Lipinski definition) is 3. The van der Waals surface area contributed by atoms with Crippen molar-refractivity contribution in [3.05, 3.63) is 35.4 Å². The molecule has 3 heteroatoms. The summed E-state index contributed by atoms with van der Waals surface area (Å²) < 4.78 is 4.85. The van der Waals surface area contributed by atoms with Gasteiger partial charge in [-0.25, -0.2) is 0 Å². The molecule has 0 bridgehead atoms. The van der Waals surface area contributed by atoms with Crippen molar-refractivity contribution in [2.24, 2.45) is 0 Å². The van der Waals surface area contributed by atoms with Crippen molar-refractivity contribution < 1.29 is 9.53 Å². The summed E-state index contributed by atoms with van der Waals surface area (Å²) in [6.45, 7) is 4.19. The predicted octanol–water partition coefficient (Wildman–Crippen LogP) is 2.81. The summed E-state index contributed by atoms with van der Waals surface area (Å²) in [6, 6.07) is 9.94. The number of rotatable bonds is 5. The molecule has 0 fully saturated rings. The number of aryl methyl sites for hydroxylation is 1. The van der Waals surface area contributed by atoms with Crippen molar-refractivity contribution in [1.82, 2.24) is 0 Å². The maximum absolute atomic E-state index is 11.3. The van der Waals surface area contributed by atoms with Gasteiger partial charge in [-0.15, -0.1) is 0 Å². The largest absolute Gasteiger partial charge is 0.466 e. The Balaban J connectivity index is 2.73. The van der Waals surface area contributed by atoms with Crippen molar-refractivity contribution in [2.45, 2.75) is 32.6 Å². The topological polar surface area (TPSA) is 50.1 Å². The Hall–Kier alpha value is -1.82. The summed E-state index contributed by atoms with van der Waals surface area (Å²) in [6.07, 6.45) is 1.09. The molecule has 17 heavy (non-hydrogen) atoms. The minimum atomic E-state index is -0.417. The SMILES string of the molecule is CCOC(=O)CC(C#N)c1ccc(CC)cc1. The van der Waals surface area contributed by atoms with E-state index in [4.69, 9.17) is 10.00 Å². The Kier molecular flexibility index (Phi) is 5.22. The fraction of sp³-hybridized carbons (Fsp3) is 0.429. The van der Waals surface area contributed by atoms with Crippen molar-refractivity contribution in [3.8, 4) is 6.07 Å². The van der Waals surface area contributed by atoms with Gasteiger partial charge in [0.2, 0.25) is 0 Å². The molecule has 0 spiro atoms. The Morgan fingerprint density at radius 1 is 1.35 bits per heavy atom. The highest BCUT2D eigenvalue weighted by molar-refractivity contribution is 5.71. The third kappa shape index (κ3) is 3.92. The smallest absolute Gasteiger partial charge is 0.307 e. The first-order valence-electron chi connectivity index (χ1n) is 5.85. The summed E-state index contributed by atoms with van der Waals surface area (Å²) >= 11 is 0. The third-order valence-corrected chi connectivity index (χ3v) is 2.62. The van der Waals surface area contributed by atoms with Crippen molar-refractivity contribution in [3.63, 3.8) is 0 Å². The van der Waals surface area contributed by atoms with Gasteiger partial charge in [-0.1, -0.05) is 31.2 Å². The van der Waals surface area contributed by atoms with E-state index in [0.717, 1.165) is 12.0 Å². The van der Waals surface area contributed by atoms with E-state index < -0.39 is 5.92 Å². The Morgan fingerprint density at radius 2 is 2.00 bits per heavy atom. The van der Waals surface area contributed by atoms with E-state index in [9.17, 15) is 4.79 Å². The van der Waals surface area contributed by atoms with Crippen LogP contribution in [0.2, 0.25) is 0 Å². The van der Waals surface area contributed by atoms with E-state index in [2.05, 4.69) is 13.0 Å². The molecule has 3 nitrogen and oxygen atoms in total. The van der Waals surface area contributed by atoms with Gasteiger partial charge in [-0.05, 0) is 24.5 Å². The molecule has 90 valence electrons. The Labute approximate surface area is 102 Å². The van der Waals surface area contributed by atoms with Crippen LogP contribution in [0.15, 0.2) is 24.3 Å². The van der Waals surface area contributed by atoms with E-state index in [-0.39, 0.29) is 12.4 Å². The summed E-state index contributed by atoms with van der Waals surface area (Å²) in [5.41, 5.74) is 2.10. The lowest BCUT2D eigenvalue weighted by atomic mass is 9.96. The van der Waals surface area contributed by atoms with Gasteiger partial charge in [0.25, 0.3) is 0 Å². The predicted molar refractivity (Wildman–Crippen MR) is 65.4 cm³/mol. The minimum absolute atomic E-state index is 0.121. The number of ether oxygens (including phenoxy) is 1. The fourth-order valence-electron chi connectivity index (χ4n) is 1.61. The lowest BCUT2D eigenvalue weighted by molar-refractivity contribution is -0.143.